The molecule has 0 aliphatic heterocycles. The van der Waals surface area contributed by atoms with E-state index in [1.54, 1.807) is 6.66 Å². The molecule has 0 amide bonds. The van der Waals surface area contributed by atoms with E-state index in [0.717, 1.165) is 12.0 Å². The molecular formula is C11H17O2P. The summed E-state index contributed by atoms with van der Waals surface area (Å²) in [6, 6.07) is 9.82. The first kappa shape index (κ1) is 11.5. The highest BCUT2D eigenvalue weighted by atomic mass is 31.2. The second kappa shape index (κ2) is 5.33. The standard InChI is InChI=1S/C11H17O2P/c1-3-9-13-14(2,12)10-11-7-5-4-6-8-11/h4-8H,3,9-10H2,1-2H3. The second-order valence-electron chi connectivity index (χ2n) is 3.49. The Morgan fingerprint density at radius 1 is 1.29 bits per heavy atom. The summed E-state index contributed by atoms with van der Waals surface area (Å²) < 4.78 is 17.3. The molecule has 0 N–H and O–H groups in total. The van der Waals surface area contributed by atoms with Crippen LogP contribution >= 0.6 is 7.37 Å². The Hall–Kier alpha value is -0.590. The van der Waals surface area contributed by atoms with Gasteiger partial charge in [0, 0.05) is 12.8 Å². The van der Waals surface area contributed by atoms with E-state index in [-0.39, 0.29) is 0 Å². The van der Waals surface area contributed by atoms with Crippen LogP contribution in [-0.4, -0.2) is 13.3 Å². The number of hydrogen-bond acceptors (Lipinski definition) is 2. The van der Waals surface area contributed by atoms with E-state index < -0.39 is 7.37 Å². The fraction of sp³-hybridized carbons (Fsp3) is 0.455. The van der Waals surface area contributed by atoms with Crippen LogP contribution in [0, 0.1) is 0 Å². The summed E-state index contributed by atoms with van der Waals surface area (Å²) in [5.74, 6) is 0. The van der Waals surface area contributed by atoms with Gasteiger partial charge in [-0.05, 0) is 12.0 Å². The molecule has 78 valence electrons. The molecule has 0 spiro atoms. The van der Waals surface area contributed by atoms with Crippen molar-refractivity contribution in [2.24, 2.45) is 0 Å². The van der Waals surface area contributed by atoms with Crippen molar-refractivity contribution in [1.82, 2.24) is 0 Å². The third-order valence-electron chi connectivity index (χ3n) is 1.88. The van der Waals surface area contributed by atoms with Crippen molar-refractivity contribution in [2.45, 2.75) is 19.5 Å². The first-order valence-corrected chi connectivity index (χ1v) is 7.15. The first-order valence-electron chi connectivity index (χ1n) is 4.89. The molecule has 14 heavy (non-hydrogen) atoms. The maximum atomic E-state index is 11.9. The molecule has 1 atom stereocenters. The average molecular weight is 212 g/mol. The van der Waals surface area contributed by atoms with Crippen LogP contribution in [0.3, 0.4) is 0 Å². The Kier molecular flexibility index (Phi) is 4.37. The van der Waals surface area contributed by atoms with Crippen molar-refractivity contribution in [3.63, 3.8) is 0 Å². The van der Waals surface area contributed by atoms with Crippen LogP contribution in [0.4, 0.5) is 0 Å². The van der Waals surface area contributed by atoms with E-state index in [4.69, 9.17) is 4.52 Å². The average Bonchev–Trinajstić information content (AvgIpc) is 2.16. The van der Waals surface area contributed by atoms with E-state index in [1.165, 1.54) is 0 Å². The third kappa shape index (κ3) is 4.08. The molecule has 0 radical (unpaired) electrons. The van der Waals surface area contributed by atoms with Gasteiger partial charge in [-0.1, -0.05) is 37.3 Å². The van der Waals surface area contributed by atoms with Gasteiger partial charge in [-0.25, -0.2) is 0 Å². The largest absolute Gasteiger partial charge is 0.328 e. The quantitative estimate of drug-likeness (QED) is 0.698. The lowest BCUT2D eigenvalue weighted by Gasteiger charge is -2.12. The summed E-state index contributed by atoms with van der Waals surface area (Å²) >= 11 is 0. The van der Waals surface area contributed by atoms with Crippen LogP contribution in [0.2, 0.25) is 0 Å². The molecule has 0 aromatic heterocycles. The molecule has 1 aromatic carbocycles. The van der Waals surface area contributed by atoms with Gasteiger partial charge in [-0.2, -0.15) is 0 Å². The lowest BCUT2D eigenvalue weighted by molar-refractivity contribution is 0.316. The van der Waals surface area contributed by atoms with Crippen LogP contribution in [0.1, 0.15) is 18.9 Å². The topological polar surface area (TPSA) is 26.3 Å². The lowest BCUT2D eigenvalue weighted by Crippen LogP contribution is -1.94. The normalized spacial score (nSPS) is 15.0. The zero-order valence-electron chi connectivity index (χ0n) is 8.77. The Labute approximate surface area is 85.7 Å². The maximum Gasteiger partial charge on any atom is 0.204 e. The monoisotopic (exact) mass is 212 g/mol. The summed E-state index contributed by atoms with van der Waals surface area (Å²) in [6.45, 7) is 4.30. The van der Waals surface area contributed by atoms with Gasteiger partial charge in [0.25, 0.3) is 0 Å². The molecule has 2 nitrogen and oxygen atoms in total. The molecule has 0 saturated heterocycles. The Bertz CT molecular complexity index is 308. The van der Waals surface area contributed by atoms with Gasteiger partial charge in [0.15, 0.2) is 0 Å². The Morgan fingerprint density at radius 2 is 1.93 bits per heavy atom. The summed E-state index contributed by atoms with van der Waals surface area (Å²) in [6.07, 6.45) is 1.44. The molecule has 0 heterocycles. The minimum Gasteiger partial charge on any atom is -0.328 e. The van der Waals surface area contributed by atoms with Crippen molar-refractivity contribution >= 4 is 7.37 Å². The molecule has 3 heteroatoms. The van der Waals surface area contributed by atoms with E-state index >= 15 is 0 Å². The molecule has 0 aliphatic rings. The van der Waals surface area contributed by atoms with Crippen LogP contribution in [-0.2, 0) is 15.3 Å². The molecule has 1 aromatic rings. The van der Waals surface area contributed by atoms with Crippen LogP contribution in [0.5, 0.6) is 0 Å². The molecule has 0 saturated carbocycles. The summed E-state index contributed by atoms with van der Waals surface area (Å²) in [5, 5.41) is 0. The zero-order valence-corrected chi connectivity index (χ0v) is 9.67. The van der Waals surface area contributed by atoms with Crippen molar-refractivity contribution in [2.75, 3.05) is 13.3 Å². The smallest absolute Gasteiger partial charge is 0.204 e. The minimum absolute atomic E-state index is 0.536. The van der Waals surface area contributed by atoms with Gasteiger partial charge in [-0.3, -0.25) is 4.57 Å². The molecule has 1 rings (SSSR count). The van der Waals surface area contributed by atoms with Gasteiger partial charge in [0.1, 0.15) is 0 Å². The van der Waals surface area contributed by atoms with Gasteiger partial charge in [-0.15, -0.1) is 0 Å². The molecule has 0 fully saturated rings. The Balaban J connectivity index is 2.55. The zero-order chi connectivity index (χ0) is 10.4. The highest BCUT2D eigenvalue weighted by Gasteiger charge is 2.15. The second-order valence-corrected chi connectivity index (χ2v) is 6.09. The van der Waals surface area contributed by atoms with Crippen LogP contribution < -0.4 is 0 Å². The lowest BCUT2D eigenvalue weighted by atomic mass is 10.2. The van der Waals surface area contributed by atoms with Crippen molar-refractivity contribution < 1.29 is 9.09 Å². The molecule has 0 aliphatic carbocycles. The fourth-order valence-electron chi connectivity index (χ4n) is 1.25. The molecule has 0 bridgehead atoms. The number of rotatable bonds is 5. The van der Waals surface area contributed by atoms with E-state index in [0.29, 0.717) is 12.8 Å². The summed E-state index contributed by atoms with van der Waals surface area (Å²) in [7, 11) is -2.43. The van der Waals surface area contributed by atoms with Gasteiger partial charge >= 0.3 is 0 Å². The van der Waals surface area contributed by atoms with E-state index in [2.05, 4.69) is 0 Å². The van der Waals surface area contributed by atoms with Crippen LogP contribution in [0.15, 0.2) is 30.3 Å². The van der Waals surface area contributed by atoms with Gasteiger partial charge in [0.2, 0.25) is 7.37 Å². The fourth-order valence-corrected chi connectivity index (χ4v) is 2.78. The summed E-state index contributed by atoms with van der Waals surface area (Å²) in [5.41, 5.74) is 1.08. The van der Waals surface area contributed by atoms with Crippen molar-refractivity contribution in [3.05, 3.63) is 35.9 Å². The Morgan fingerprint density at radius 3 is 2.50 bits per heavy atom. The van der Waals surface area contributed by atoms with Crippen LogP contribution in [0.25, 0.3) is 0 Å². The van der Waals surface area contributed by atoms with Crippen molar-refractivity contribution in [3.8, 4) is 0 Å². The highest BCUT2D eigenvalue weighted by Crippen LogP contribution is 2.46. The number of hydrogen-bond donors (Lipinski definition) is 0. The van der Waals surface area contributed by atoms with Gasteiger partial charge in [0.05, 0.1) is 6.61 Å². The summed E-state index contributed by atoms with van der Waals surface area (Å²) in [4.78, 5) is 0. The van der Waals surface area contributed by atoms with Gasteiger partial charge < -0.3 is 4.52 Å². The van der Waals surface area contributed by atoms with Crippen molar-refractivity contribution in [1.29, 1.82) is 0 Å². The number of benzene rings is 1. The SMILES string of the molecule is CCCOP(C)(=O)Cc1ccccc1. The first-order chi connectivity index (χ1) is 6.64. The van der Waals surface area contributed by atoms with E-state index in [9.17, 15) is 4.57 Å². The molecular weight excluding hydrogens is 195 g/mol. The predicted octanol–water partition coefficient (Wildman–Crippen LogP) is 3.52. The predicted molar refractivity (Wildman–Crippen MR) is 59.9 cm³/mol. The maximum absolute atomic E-state index is 11.9. The minimum atomic E-state index is -2.43. The van der Waals surface area contributed by atoms with E-state index in [1.807, 2.05) is 37.3 Å². The molecule has 1 unspecified atom stereocenters. The third-order valence-corrected chi connectivity index (χ3v) is 3.55. The highest BCUT2D eigenvalue weighted by molar-refractivity contribution is 7.57.